The molecule has 3 fully saturated rings. The van der Waals surface area contributed by atoms with E-state index in [9.17, 15) is 9.59 Å². The highest BCUT2D eigenvalue weighted by atomic mass is 16.5. The molecular weight excluding hydrogens is 438 g/mol. The van der Waals surface area contributed by atoms with Crippen LogP contribution in [-0.2, 0) is 20.9 Å². The van der Waals surface area contributed by atoms with Crippen molar-refractivity contribution in [1.82, 2.24) is 14.8 Å². The van der Waals surface area contributed by atoms with Crippen molar-refractivity contribution >= 4 is 11.8 Å². The van der Waals surface area contributed by atoms with E-state index < -0.39 is 0 Å². The number of esters is 1. The van der Waals surface area contributed by atoms with E-state index in [2.05, 4.69) is 36.1 Å². The lowest BCUT2D eigenvalue weighted by Crippen LogP contribution is -2.50. The molecule has 3 saturated carbocycles. The fourth-order valence-corrected chi connectivity index (χ4v) is 8.70. The molecule has 0 radical (unpaired) electrons. The summed E-state index contributed by atoms with van der Waals surface area (Å²) >= 11 is 0. The second-order valence-corrected chi connectivity index (χ2v) is 12.4. The maximum Gasteiger partial charge on any atom is 0.309 e. The number of nitrogens with zero attached hydrogens (tertiary/aromatic N) is 3. The van der Waals surface area contributed by atoms with Crippen molar-refractivity contribution in [3.8, 4) is 0 Å². The van der Waals surface area contributed by atoms with E-state index in [0.717, 1.165) is 56.9 Å². The highest BCUT2D eigenvalue weighted by molar-refractivity contribution is 5.97. The predicted molar refractivity (Wildman–Crippen MR) is 132 cm³/mol. The largest absolute Gasteiger partial charge is 0.462 e. The minimum Gasteiger partial charge on any atom is -0.462 e. The molecule has 5 aliphatic rings. The zero-order chi connectivity index (χ0) is 24.2. The Kier molecular flexibility index (Phi) is 5.76. The summed E-state index contributed by atoms with van der Waals surface area (Å²) in [5, 5.41) is 4.14. The quantitative estimate of drug-likeness (QED) is 0.417. The molecule has 0 spiro atoms. The highest BCUT2D eigenvalue weighted by Gasteiger charge is 2.57. The Bertz CT molecular complexity index is 1050. The van der Waals surface area contributed by atoms with E-state index in [4.69, 9.17) is 4.74 Å². The average molecular weight is 478 g/mol. The minimum atomic E-state index is -0.0332. The first kappa shape index (κ1) is 23.2. The number of carbonyl (C=O) groups excluding carboxylic acids is 2. The number of ether oxygens (including phenoxy) is 1. The van der Waals surface area contributed by atoms with Gasteiger partial charge in [0.05, 0.1) is 5.92 Å². The molecule has 6 rings (SSSR count). The molecule has 0 aromatic carbocycles. The first-order valence-corrected chi connectivity index (χ1v) is 13.8. The average Bonchev–Trinajstić information content (AvgIpc) is 3.60. The lowest BCUT2D eigenvalue weighted by Gasteiger charge is -2.57. The van der Waals surface area contributed by atoms with E-state index >= 15 is 0 Å². The number of Topliss-reactive ketones (excluding diaryl/α,β-unsaturated/α-hetero) is 1. The van der Waals surface area contributed by atoms with Crippen LogP contribution in [0.3, 0.4) is 0 Å². The van der Waals surface area contributed by atoms with E-state index in [1.807, 2.05) is 0 Å². The van der Waals surface area contributed by atoms with Gasteiger partial charge in [-0.3, -0.25) is 9.59 Å². The molecule has 6 heteroatoms. The Morgan fingerprint density at radius 3 is 2.60 bits per heavy atom. The van der Waals surface area contributed by atoms with E-state index in [1.54, 1.807) is 11.0 Å². The van der Waals surface area contributed by atoms with Crippen molar-refractivity contribution in [3.63, 3.8) is 0 Å². The minimum absolute atomic E-state index is 0.0332. The molecule has 0 bridgehead atoms. The number of hydrogen-bond acceptors (Lipinski definition) is 5. The Balaban J connectivity index is 1.15. The monoisotopic (exact) mass is 477 g/mol. The summed E-state index contributed by atoms with van der Waals surface area (Å²) < 4.78 is 7.68. The van der Waals surface area contributed by atoms with Crippen LogP contribution in [0.1, 0.15) is 84.5 Å². The van der Waals surface area contributed by atoms with Crippen LogP contribution in [0.4, 0.5) is 0 Å². The summed E-state index contributed by atoms with van der Waals surface area (Å²) in [4.78, 5) is 29.9. The molecule has 1 aromatic heterocycles. The summed E-state index contributed by atoms with van der Waals surface area (Å²) in [6.45, 7) is 5.10. The van der Waals surface area contributed by atoms with Crippen molar-refractivity contribution in [2.24, 2.45) is 34.5 Å². The van der Waals surface area contributed by atoms with Gasteiger partial charge in [-0.25, -0.2) is 9.67 Å². The summed E-state index contributed by atoms with van der Waals surface area (Å²) in [7, 11) is 0. The van der Waals surface area contributed by atoms with Crippen LogP contribution in [0.5, 0.6) is 0 Å². The molecular formula is C29H39N3O3. The smallest absolute Gasteiger partial charge is 0.309 e. The van der Waals surface area contributed by atoms with Gasteiger partial charge in [-0.05, 0) is 85.5 Å². The number of ketones is 1. The number of allylic oxidation sites excluding steroid dienone is 3. The number of carbonyl (C=O) groups is 2. The predicted octanol–water partition coefficient (Wildman–Crippen LogP) is 5.45. The molecule has 6 nitrogen and oxygen atoms in total. The van der Waals surface area contributed by atoms with Crippen LogP contribution < -0.4 is 0 Å². The Morgan fingerprint density at radius 2 is 1.83 bits per heavy atom. The number of hydrogen-bond donors (Lipinski definition) is 0. The summed E-state index contributed by atoms with van der Waals surface area (Å²) in [5.41, 5.74) is 2.73. The molecule has 0 saturated heterocycles. The Hall–Kier alpha value is -2.24. The lowest BCUT2D eigenvalue weighted by atomic mass is 9.47. The third-order valence-corrected chi connectivity index (χ3v) is 10.7. The Morgan fingerprint density at radius 1 is 1.03 bits per heavy atom. The van der Waals surface area contributed by atoms with Crippen molar-refractivity contribution in [2.45, 2.75) is 97.1 Å². The van der Waals surface area contributed by atoms with Gasteiger partial charge >= 0.3 is 5.97 Å². The third kappa shape index (κ3) is 3.82. The number of fused-ring (bicyclic) bond motifs is 5. The van der Waals surface area contributed by atoms with Crippen molar-refractivity contribution in [1.29, 1.82) is 0 Å². The third-order valence-electron chi connectivity index (χ3n) is 10.7. The molecule has 1 aromatic rings. The van der Waals surface area contributed by atoms with Gasteiger partial charge in [0.2, 0.25) is 0 Å². The van der Waals surface area contributed by atoms with Crippen LogP contribution in [0.15, 0.2) is 36.0 Å². The van der Waals surface area contributed by atoms with Crippen LogP contribution >= 0.6 is 0 Å². The van der Waals surface area contributed by atoms with E-state index in [0.29, 0.717) is 17.8 Å². The number of rotatable bonds is 5. The van der Waals surface area contributed by atoms with Crippen LogP contribution in [0.2, 0.25) is 0 Å². The maximum absolute atomic E-state index is 13.2. The van der Waals surface area contributed by atoms with Gasteiger partial charge in [-0.15, -0.1) is 0 Å². The van der Waals surface area contributed by atoms with Crippen LogP contribution in [0.25, 0.3) is 0 Å². The van der Waals surface area contributed by atoms with Gasteiger partial charge in [-0.1, -0.05) is 44.4 Å². The van der Waals surface area contributed by atoms with Crippen LogP contribution in [0, 0.1) is 34.5 Å². The van der Waals surface area contributed by atoms with Crippen molar-refractivity contribution < 1.29 is 14.3 Å². The maximum atomic E-state index is 13.2. The standard InChI is InChI=1S/C29H39N3O3/c1-28-13-11-21(35-27(34)19-5-3-4-6-19)15-20(28)7-8-22-23-9-10-25(29(23,2)14-12-24(22)28)26(33)16-32-18-30-17-31-32/h7,10,17-19,21-24H,3-6,8-9,11-16H2,1-2H3/t21-,22-,23-,24-,28-,29-/m0/s1. The topological polar surface area (TPSA) is 74.1 Å². The molecule has 5 aliphatic carbocycles. The summed E-state index contributed by atoms with van der Waals surface area (Å²) in [5.74, 6) is 2.20. The van der Waals surface area contributed by atoms with Crippen molar-refractivity contribution in [3.05, 3.63) is 36.0 Å². The molecule has 188 valence electrons. The van der Waals surface area contributed by atoms with Gasteiger partial charge in [-0.2, -0.15) is 5.10 Å². The second kappa shape index (κ2) is 8.70. The normalized spacial score (nSPS) is 38.7. The van der Waals surface area contributed by atoms with Crippen LogP contribution in [-0.4, -0.2) is 32.6 Å². The molecule has 1 heterocycles. The van der Waals surface area contributed by atoms with E-state index in [1.165, 1.54) is 31.2 Å². The van der Waals surface area contributed by atoms with Crippen molar-refractivity contribution in [2.75, 3.05) is 0 Å². The Labute approximate surface area is 208 Å². The molecule has 0 unspecified atom stereocenters. The zero-order valence-electron chi connectivity index (χ0n) is 21.2. The SMILES string of the molecule is C[C@]12CC[C@H](OC(=O)C3CCCC3)CC1=CC[C@@H]1[C@@H]2CC[C@]2(C)C(C(=O)Cn3cncn3)=CC[C@@H]12. The van der Waals surface area contributed by atoms with Gasteiger partial charge in [0, 0.05) is 6.42 Å². The van der Waals surface area contributed by atoms with Gasteiger partial charge in [0.1, 0.15) is 25.3 Å². The summed E-state index contributed by atoms with van der Waals surface area (Å²) in [6, 6.07) is 0. The molecule has 35 heavy (non-hydrogen) atoms. The van der Waals surface area contributed by atoms with Gasteiger partial charge in [0.15, 0.2) is 5.78 Å². The van der Waals surface area contributed by atoms with Gasteiger partial charge in [0.25, 0.3) is 0 Å². The zero-order valence-corrected chi connectivity index (χ0v) is 21.2. The van der Waals surface area contributed by atoms with Gasteiger partial charge < -0.3 is 4.74 Å². The fraction of sp³-hybridized carbons (Fsp3) is 0.724. The molecule has 0 aliphatic heterocycles. The first-order chi connectivity index (χ1) is 16.9. The number of aromatic nitrogens is 3. The second-order valence-electron chi connectivity index (χ2n) is 12.4. The molecule has 6 atom stereocenters. The first-order valence-electron chi connectivity index (χ1n) is 13.8. The lowest BCUT2D eigenvalue weighted by molar-refractivity contribution is -0.156. The highest BCUT2D eigenvalue weighted by Crippen LogP contribution is 2.65. The summed E-state index contributed by atoms with van der Waals surface area (Å²) in [6.07, 6.45) is 19.6. The van der Waals surface area contributed by atoms with E-state index in [-0.39, 0.29) is 41.1 Å². The fourth-order valence-electron chi connectivity index (χ4n) is 8.70. The molecule has 0 amide bonds. The molecule has 0 N–H and O–H groups in total.